The van der Waals surface area contributed by atoms with Crippen LogP contribution in [0.1, 0.15) is 29.6 Å². The molecule has 1 saturated heterocycles. The molecule has 31 heavy (non-hydrogen) atoms. The second kappa shape index (κ2) is 10.0. The maximum atomic E-state index is 13.7. The molecule has 3 rings (SSSR count). The number of carbonyl (C=O) groups is 3. The number of rotatable bonds is 7. The van der Waals surface area contributed by atoms with E-state index in [-0.39, 0.29) is 30.3 Å². The summed E-state index contributed by atoms with van der Waals surface area (Å²) in [6.07, 6.45) is 1.20. The van der Waals surface area contributed by atoms with Crippen LogP contribution in [-0.2, 0) is 9.59 Å². The molecule has 0 bridgehead atoms. The molecular formula is C22H23F2N3O4. The molecule has 9 heteroatoms. The molecule has 2 N–H and O–H groups in total. The van der Waals surface area contributed by atoms with Gasteiger partial charge in [-0.05, 0) is 49.2 Å². The van der Waals surface area contributed by atoms with Gasteiger partial charge < -0.3 is 20.3 Å². The van der Waals surface area contributed by atoms with Crippen molar-refractivity contribution < 1.29 is 27.9 Å². The fraction of sp³-hybridized carbons (Fsp3) is 0.318. The Kier molecular flexibility index (Phi) is 7.17. The summed E-state index contributed by atoms with van der Waals surface area (Å²) < 4.78 is 31.7. The molecule has 2 aromatic rings. The highest BCUT2D eigenvalue weighted by atomic mass is 19.1. The van der Waals surface area contributed by atoms with Crippen molar-refractivity contribution in [1.29, 1.82) is 0 Å². The fourth-order valence-electron chi connectivity index (χ4n) is 3.43. The second-order valence-corrected chi connectivity index (χ2v) is 7.09. The number of hydrogen-bond acceptors (Lipinski definition) is 4. The third kappa shape index (κ3) is 5.56. The Labute approximate surface area is 178 Å². The number of ether oxygens (including phenoxy) is 1. The van der Waals surface area contributed by atoms with Crippen LogP contribution < -0.4 is 15.4 Å². The van der Waals surface area contributed by atoms with Crippen molar-refractivity contribution >= 4 is 23.4 Å². The van der Waals surface area contributed by atoms with Gasteiger partial charge in [0.05, 0.1) is 12.7 Å². The van der Waals surface area contributed by atoms with E-state index < -0.39 is 23.6 Å². The molecule has 2 aromatic carbocycles. The van der Waals surface area contributed by atoms with E-state index in [1.54, 1.807) is 31.4 Å². The summed E-state index contributed by atoms with van der Waals surface area (Å²) in [5, 5.41) is 5.24. The molecule has 1 fully saturated rings. The van der Waals surface area contributed by atoms with Gasteiger partial charge in [0.15, 0.2) is 0 Å². The number of halogens is 2. The summed E-state index contributed by atoms with van der Waals surface area (Å²) >= 11 is 0. The summed E-state index contributed by atoms with van der Waals surface area (Å²) in [7, 11) is 1.55. The lowest BCUT2D eigenvalue weighted by molar-refractivity contribution is -0.136. The van der Waals surface area contributed by atoms with Crippen LogP contribution in [0.4, 0.5) is 14.5 Å². The zero-order valence-corrected chi connectivity index (χ0v) is 17.0. The minimum atomic E-state index is -0.973. The standard InChI is InChI=1S/C22H23F2N3O4/c1-31-16-7-5-15(6-8-16)26-22(30)19-3-2-12-27(19)20(28)10-11-25-21(29)17-9-4-14(23)13-18(17)24/h4-9,13,19H,2-3,10-12H2,1H3,(H,25,29)(H,26,30)/t19-/m0/s1. The lowest BCUT2D eigenvalue weighted by Crippen LogP contribution is -2.44. The van der Waals surface area contributed by atoms with E-state index >= 15 is 0 Å². The first kappa shape index (κ1) is 22.2. The highest BCUT2D eigenvalue weighted by molar-refractivity contribution is 5.98. The van der Waals surface area contributed by atoms with Crippen LogP contribution in [0.3, 0.4) is 0 Å². The van der Waals surface area contributed by atoms with E-state index in [1.807, 2.05) is 0 Å². The Morgan fingerprint density at radius 3 is 2.55 bits per heavy atom. The van der Waals surface area contributed by atoms with Crippen molar-refractivity contribution in [3.63, 3.8) is 0 Å². The predicted molar refractivity (Wildman–Crippen MR) is 110 cm³/mol. The zero-order valence-electron chi connectivity index (χ0n) is 17.0. The summed E-state index contributed by atoms with van der Waals surface area (Å²) in [4.78, 5) is 38.7. The molecular weight excluding hydrogens is 408 g/mol. The number of nitrogens with one attached hydrogen (secondary N) is 2. The molecule has 0 unspecified atom stereocenters. The predicted octanol–water partition coefficient (Wildman–Crippen LogP) is 2.72. The normalized spacial score (nSPS) is 15.5. The number of benzene rings is 2. The molecule has 0 aromatic heterocycles. The molecule has 0 aliphatic carbocycles. The Balaban J connectivity index is 1.51. The van der Waals surface area contributed by atoms with Crippen molar-refractivity contribution in [2.75, 3.05) is 25.5 Å². The van der Waals surface area contributed by atoms with Crippen LogP contribution >= 0.6 is 0 Å². The summed E-state index contributed by atoms with van der Waals surface area (Å²) in [6, 6.07) is 8.92. The lowest BCUT2D eigenvalue weighted by Gasteiger charge is -2.24. The van der Waals surface area contributed by atoms with Crippen LogP contribution in [0.5, 0.6) is 5.75 Å². The van der Waals surface area contributed by atoms with Crippen LogP contribution in [0.25, 0.3) is 0 Å². The Morgan fingerprint density at radius 2 is 1.87 bits per heavy atom. The molecule has 3 amide bonds. The van der Waals surface area contributed by atoms with E-state index in [2.05, 4.69) is 10.6 Å². The first-order valence-electron chi connectivity index (χ1n) is 9.86. The molecule has 1 aliphatic heterocycles. The zero-order chi connectivity index (χ0) is 22.4. The van der Waals surface area contributed by atoms with Crippen LogP contribution in [0.2, 0.25) is 0 Å². The van der Waals surface area contributed by atoms with Crippen molar-refractivity contribution in [3.8, 4) is 5.75 Å². The summed E-state index contributed by atoms with van der Waals surface area (Å²) in [5.74, 6) is -2.39. The fourth-order valence-corrected chi connectivity index (χ4v) is 3.43. The molecule has 0 spiro atoms. The van der Waals surface area contributed by atoms with Gasteiger partial charge in [-0.2, -0.15) is 0 Å². The molecule has 1 atom stereocenters. The van der Waals surface area contributed by atoms with Gasteiger partial charge in [-0.3, -0.25) is 14.4 Å². The minimum absolute atomic E-state index is 0.0300. The smallest absolute Gasteiger partial charge is 0.254 e. The highest BCUT2D eigenvalue weighted by Crippen LogP contribution is 2.21. The summed E-state index contributed by atoms with van der Waals surface area (Å²) in [6.45, 7) is 0.415. The number of nitrogens with zero attached hydrogens (tertiary/aromatic N) is 1. The van der Waals surface area contributed by atoms with E-state index in [0.29, 0.717) is 36.9 Å². The van der Waals surface area contributed by atoms with Gasteiger partial charge in [0, 0.05) is 31.3 Å². The maximum Gasteiger partial charge on any atom is 0.254 e. The molecule has 164 valence electrons. The van der Waals surface area contributed by atoms with Crippen LogP contribution in [0, 0.1) is 11.6 Å². The average Bonchev–Trinajstić information content (AvgIpc) is 3.24. The average molecular weight is 431 g/mol. The Hall–Kier alpha value is -3.49. The van der Waals surface area contributed by atoms with Gasteiger partial charge >= 0.3 is 0 Å². The number of anilines is 1. The number of likely N-dealkylation sites (tertiary alicyclic amines) is 1. The second-order valence-electron chi connectivity index (χ2n) is 7.09. The van der Waals surface area contributed by atoms with Gasteiger partial charge in [0.25, 0.3) is 5.91 Å². The molecule has 0 saturated carbocycles. The monoisotopic (exact) mass is 431 g/mol. The SMILES string of the molecule is COc1ccc(NC(=O)[C@@H]2CCCN2C(=O)CCNC(=O)c2ccc(F)cc2F)cc1. The summed E-state index contributed by atoms with van der Waals surface area (Å²) in [5.41, 5.74) is 0.297. The van der Waals surface area contributed by atoms with Gasteiger partial charge in [0.2, 0.25) is 11.8 Å². The molecule has 1 heterocycles. The number of amides is 3. The van der Waals surface area contributed by atoms with Gasteiger partial charge in [-0.25, -0.2) is 8.78 Å². The number of carbonyl (C=O) groups excluding carboxylic acids is 3. The van der Waals surface area contributed by atoms with Crippen LogP contribution in [-0.4, -0.2) is 48.9 Å². The topological polar surface area (TPSA) is 87.7 Å². The van der Waals surface area contributed by atoms with Gasteiger partial charge in [-0.15, -0.1) is 0 Å². The largest absolute Gasteiger partial charge is 0.497 e. The van der Waals surface area contributed by atoms with E-state index in [0.717, 1.165) is 12.1 Å². The van der Waals surface area contributed by atoms with Crippen molar-refractivity contribution in [1.82, 2.24) is 10.2 Å². The number of hydrogen-bond donors (Lipinski definition) is 2. The van der Waals surface area contributed by atoms with Crippen molar-refractivity contribution in [2.24, 2.45) is 0 Å². The van der Waals surface area contributed by atoms with E-state index in [4.69, 9.17) is 4.74 Å². The highest BCUT2D eigenvalue weighted by Gasteiger charge is 2.33. The maximum absolute atomic E-state index is 13.7. The first-order chi connectivity index (χ1) is 14.9. The lowest BCUT2D eigenvalue weighted by atomic mass is 10.2. The minimum Gasteiger partial charge on any atom is -0.497 e. The first-order valence-corrected chi connectivity index (χ1v) is 9.86. The Bertz CT molecular complexity index is 966. The van der Waals surface area contributed by atoms with Gasteiger partial charge in [-0.1, -0.05) is 0 Å². The third-order valence-corrected chi connectivity index (χ3v) is 5.03. The quantitative estimate of drug-likeness (QED) is 0.706. The molecule has 0 radical (unpaired) electrons. The van der Waals surface area contributed by atoms with Gasteiger partial charge in [0.1, 0.15) is 23.4 Å². The molecule has 1 aliphatic rings. The van der Waals surface area contributed by atoms with E-state index in [9.17, 15) is 23.2 Å². The van der Waals surface area contributed by atoms with Crippen molar-refractivity contribution in [3.05, 3.63) is 59.7 Å². The third-order valence-electron chi connectivity index (χ3n) is 5.03. The Morgan fingerprint density at radius 1 is 1.13 bits per heavy atom. The van der Waals surface area contributed by atoms with E-state index in [1.165, 1.54) is 4.90 Å². The van der Waals surface area contributed by atoms with Crippen LogP contribution in [0.15, 0.2) is 42.5 Å². The van der Waals surface area contributed by atoms with Crippen molar-refractivity contribution in [2.45, 2.75) is 25.3 Å². The molecule has 7 nitrogen and oxygen atoms in total. The number of methoxy groups -OCH3 is 1.